The maximum absolute atomic E-state index is 12.4. The molecule has 0 saturated carbocycles. The molecule has 0 atom stereocenters. The van der Waals surface area contributed by atoms with Gasteiger partial charge in [0, 0.05) is 17.1 Å². The summed E-state index contributed by atoms with van der Waals surface area (Å²) in [6.45, 7) is 8.01. The van der Waals surface area contributed by atoms with E-state index in [4.69, 9.17) is 11.6 Å². The van der Waals surface area contributed by atoms with Crippen LogP contribution in [0.4, 0.5) is 5.95 Å². The van der Waals surface area contributed by atoms with Crippen LogP contribution in [0.5, 0.6) is 0 Å². The largest absolute Gasteiger partial charge is 0.296 e. The minimum Gasteiger partial charge on any atom is -0.296 e. The van der Waals surface area contributed by atoms with Crippen molar-refractivity contribution in [1.29, 1.82) is 0 Å². The van der Waals surface area contributed by atoms with Crippen LogP contribution in [-0.2, 0) is 4.79 Å². The number of hydrogen-bond acceptors (Lipinski definition) is 3. The number of halogens is 1. The molecule has 0 bridgehead atoms. The molecule has 5 nitrogen and oxygen atoms in total. The van der Waals surface area contributed by atoms with E-state index < -0.39 is 0 Å². The van der Waals surface area contributed by atoms with E-state index in [0.29, 0.717) is 23.0 Å². The Morgan fingerprint density at radius 1 is 1.12 bits per heavy atom. The lowest BCUT2D eigenvalue weighted by Gasteiger charge is -2.17. The Kier molecular flexibility index (Phi) is 4.52. The molecule has 0 aliphatic heterocycles. The number of amides is 1. The molecule has 2 aromatic heterocycles. The van der Waals surface area contributed by atoms with Crippen LogP contribution in [0.1, 0.15) is 32.9 Å². The Morgan fingerprint density at radius 2 is 1.80 bits per heavy atom. The number of benzene rings is 1. The summed E-state index contributed by atoms with van der Waals surface area (Å²) >= 11 is 6.00. The lowest BCUT2D eigenvalue weighted by atomic mass is 9.92. The van der Waals surface area contributed by atoms with E-state index in [9.17, 15) is 4.79 Å². The molecule has 3 rings (SSSR count). The van der Waals surface area contributed by atoms with Gasteiger partial charge >= 0.3 is 0 Å². The van der Waals surface area contributed by atoms with Crippen molar-refractivity contribution in [3.63, 3.8) is 0 Å². The van der Waals surface area contributed by atoms with E-state index >= 15 is 0 Å². The highest BCUT2D eigenvalue weighted by Gasteiger charge is 2.20. The first-order valence-electron chi connectivity index (χ1n) is 8.15. The molecule has 6 heteroatoms. The fourth-order valence-corrected chi connectivity index (χ4v) is 2.75. The van der Waals surface area contributed by atoms with Gasteiger partial charge in [-0.2, -0.15) is 0 Å². The van der Waals surface area contributed by atoms with E-state index in [2.05, 4.69) is 15.3 Å². The van der Waals surface area contributed by atoms with E-state index in [1.54, 1.807) is 12.1 Å². The number of aromatic nitrogens is 3. The molecular weight excluding hydrogens is 336 g/mol. The van der Waals surface area contributed by atoms with Gasteiger partial charge in [0.15, 0.2) is 5.65 Å². The lowest BCUT2D eigenvalue weighted by Crippen LogP contribution is -2.21. The van der Waals surface area contributed by atoms with Gasteiger partial charge < -0.3 is 0 Å². The lowest BCUT2D eigenvalue weighted by molar-refractivity contribution is -0.117. The third-order valence-electron chi connectivity index (χ3n) is 3.67. The van der Waals surface area contributed by atoms with Crippen molar-refractivity contribution in [2.75, 3.05) is 5.32 Å². The van der Waals surface area contributed by atoms with E-state index in [0.717, 1.165) is 16.9 Å². The molecule has 1 amide bonds. The fourth-order valence-electron chi connectivity index (χ4n) is 2.62. The number of pyridine rings is 1. The van der Waals surface area contributed by atoms with Crippen LogP contribution in [0, 0.1) is 12.3 Å². The average Bonchev–Trinajstić information content (AvgIpc) is 2.83. The van der Waals surface area contributed by atoms with Crippen molar-refractivity contribution >= 4 is 34.6 Å². The number of nitrogens with one attached hydrogen (secondary N) is 1. The smallest absolute Gasteiger partial charge is 0.227 e. The fraction of sp³-hybridized carbons (Fsp3) is 0.316. The van der Waals surface area contributed by atoms with Crippen LogP contribution in [0.15, 0.2) is 36.4 Å². The van der Waals surface area contributed by atoms with Gasteiger partial charge in [-0.3, -0.25) is 14.7 Å². The second-order valence-electron chi connectivity index (χ2n) is 7.33. The predicted molar refractivity (Wildman–Crippen MR) is 101 cm³/mol. The molecule has 0 radical (unpaired) electrons. The molecule has 0 aliphatic rings. The van der Waals surface area contributed by atoms with Gasteiger partial charge in [-0.15, -0.1) is 0 Å². The van der Waals surface area contributed by atoms with Crippen molar-refractivity contribution in [2.24, 2.45) is 5.41 Å². The van der Waals surface area contributed by atoms with Crippen molar-refractivity contribution in [3.8, 4) is 5.69 Å². The number of carbonyl (C=O) groups excluding carboxylic acids is 1. The van der Waals surface area contributed by atoms with Gasteiger partial charge in [0.1, 0.15) is 5.52 Å². The third-order valence-corrected chi connectivity index (χ3v) is 3.92. The average molecular weight is 357 g/mol. The molecule has 25 heavy (non-hydrogen) atoms. The minimum absolute atomic E-state index is 0.0743. The van der Waals surface area contributed by atoms with Crippen molar-refractivity contribution in [1.82, 2.24) is 14.5 Å². The minimum atomic E-state index is -0.101. The number of anilines is 1. The number of aryl methyl sites for hydroxylation is 1. The normalized spacial score (nSPS) is 11.7. The first kappa shape index (κ1) is 17.4. The maximum Gasteiger partial charge on any atom is 0.227 e. The molecule has 0 unspecified atom stereocenters. The summed E-state index contributed by atoms with van der Waals surface area (Å²) in [5, 5.41) is 3.58. The summed E-state index contributed by atoms with van der Waals surface area (Å²) in [4.78, 5) is 21.6. The summed E-state index contributed by atoms with van der Waals surface area (Å²) in [7, 11) is 0. The molecular formula is C19H21ClN4O. The highest BCUT2D eigenvalue weighted by molar-refractivity contribution is 6.30. The molecule has 0 spiro atoms. The second kappa shape index (κ2) is 6.48. The SMILES string of the molecule is Cc1ccc2nc(NC(=O)CC(C)(C)C)n(-c3ccc(Cl)cc3)c2n1. The summed E-state index contributed by atoms with van der Waals surface area (Å²) in [5.41, 5.74) is 3.06. The zero-order valence-electron chi connectivity index (χ0n) is 14.8. The van der Waals surface area contributed by atoms with Crippen LogP contribution in [0.25, 0.3) is 16.9 Å². The Balaban J connectivity index is 2.09. The first-order valence-corrected chi connectivity index (χ1v) is 8.53. The predicted octanol–water partition coefficient (Wildman–Crippen LogP) is 4.76. The number of nitrogens with zero attached hydrogens (tertiary/aromatic N) is 3. The highest BCUT2D eigenvalue weighted by atomic mass is 35.5. The van der Waals surface area contributed by atoms with Crippen molar-refractivity contribution in [2.45, 2.75) is 34.1 Å². The zero-order chi connectivity index (χ0) is 18.2. The number of rotatable bonds is 3. The van der Waals surface area contributed by atoms with E-state index in [1.165, 1.54) is 0 Å². The first-order chi connectivity index (χ1) is 11.7. The molecule has 2 heterocycles. The van der Waals surface area contributed by atoms with E-state index in [-0.39, 0.29) is 11.3 Å². The van der Waals surface area contributed by atoms with Crippen molar-refractivity contribution in [3.05, 3.63) is 47.1 Å². The Bertz CT molecular complexity index is 923. The maximum atomic E-state index is 12.4. The summed E-state index contributed by atoms with van der Waals surface area (Å²) in [6.07, 6.45) is 0.406. The standard InChI is InChI=1S/C19H21ClN4O/c1-12-5-10-15-17(21-12)24(14-8-6-13(20)7-9-14)18(22-15)23-16(25)11-19(2,3)4/h5-10H,11H2,1-4H3,(H,22,23,25). The second-order valence-corrected chi connectivity index (χ2v) is 7.76. The van der Waals surface area contributed by atoms with Gasteiger partial charge in [-0.05, 0) is 48.7 Å². The Morgan fingerprint density at radius 3 is 2.44 bits per heavy atom. The van der Waals surface area contributed by atoms with Crippen LogP contribution < -0.4 is 5.32 Å². The molecule has 1 aromatic carbocycles. The number of fused-ring (bicyclic) bond motifs is 1. The molecule has 1 N–H and O–H groups in total. The highest BCUT2D eigenvalue weighted by Crippen LogP contribution is 2.26. The molecule has 0 fully saturated rings. The molecule has 0 aliphatic carbocycles. The number of hydrogen-bond donors (Lipinski definition) is 1. The third kappa shape index (κ3) is 3.99. The monoisotopic (exact) mass is 356 g/mol. The van der Waals surface area contributed by atoms with Crippen LogP contribution in [0.2, 0.25) is 5.02 Å². The van der Waals surface area contributed by atoms with Gasteiger partial charge in [0.05, 0.1) is 5.69 Å². The number of carbonyl (C=O) groups is 1. The summed E-state index contributed by atoms with van der Waals surface area (Å²) < 4.78 is 1.85. The van der Waals surface area contributed by atoms with Crippen LogP contribution in [0.3, 0.4) is 0 Å². The quantitative estimate of drug-likeness (QED) is 0.736. The van der Waals surface area contributed by atoms with E-state index in [1.807, 2.05) is 56.5 Å². The topological polar surface area (TPSA) is 59.8 Å². The number of imidazole rings is 1. The van der Waals surface area contributed by atoms with Gasteiger partial charge in [0.25, 0.3) is 0 Å². The summed E-state index contributed by atoms with van der Waals surface area (Å²) in [6, 6.07) is 11.2. The molecule has 0 saturated heterocycles. The zero-order valence-corrected chi connectivity index (χ0v) is 15.6. The van der Waals surface area contributed by atoms with Crippen molar-refractivity contribution < 1.29 is 4.79 Å². The van der Waals surface area contributed by atoms with Crippen LogP contribution in [-0.4, -0.2) is 20.4 Å². The Hall–Kier alpha value is -2.40. The van der Waals surface area contributed by atoms with Gasteiger partial charge in [-0.1, -0.05) is 32.4 Å². The molecule has 3 aromatic rings. The Labute approximate surface area is 152 Å². The summed E-state index contributed by atoms with van der Waals surface area (Å²) in [5.74, 6) is 0.388. The van der Waals surface area contributed by atoms with Crippen LogP contribution >= 0.6 is 11.6 Å². The van der Waals surface area contributed by atoms with Gasteiger partial charge in [-0.25, -0.2) is 9.97 Å². The molecule has 130 valence electrons. The van der Waals surface area contributed by atoms with Gasteiger partial charge in [0.2, 0.25) is 11.9 Å².